The SMILES string of the molecule is CN(C)c1[nH]c(=O)ncc1O. The first-order valence-corrected chi connectivity index (χ1v) is 3.07. The Kier molecular flexibility index (Phi) is 1.80. The average molecular weight is 155 g/mol. The fraction of sp³-hybridized carbons (Fsp3) is 0.333. The second-order valence-corrected chi connectivity index (χ2v) is 2.32. The number of hydrogen-bond donors (Lipinski definition) is 2. The summed E-state index contributed by atoms with van der Waals surface area (Å²) in [5.41, 5.74) is -0.466. The highest BCUT2D eigenvalue weighted by Gasteiger charge is 2.02. The Bertz CT molecular complexity index is 305. The van der Waals surface area contributed by atoms with Gasteiger partial charge in [-0.3, -0.25) is 4.98 Å². The predicted octanol–water partition coefficient (Wildman–Crippen LogP) is -0.459. The monoisotopic (exact) mass is 155 g/mol. The molecule has 0 aromatic carbocycles. The van der Waals surface area contributed by atoms with Crippen LogP contribution in [0, 0.1) is 0 Å². The van der Waals surface area contributed by atoms with Crippen molar-refractivity contribution in [3.63, 3.8) is 0 Å². The van der Waals surface area contributed by atoms with E-state index in [0.29, 0.717) is 5.82 Å². The molecule has 11 heavy (non-hydrogen) atoms. The third-order valence-electron chi connectivity index (χ3n) is 1.22. The number of H-pyrrole nitrogens is 1. The minimum absolute atomic E-state index is 0.0328. The van der Waals surface area contributed by atoms with E-state index >= 15 is 0 Å². The van der Waals surface area contributed by atoms with Crippen molar-refractivity contribution in [3.05, 3.63) is 16.7 Å². The van der Waals surface area contributed by atoms with Crippen molar-refractivity contribution in [1.29, 1.82) is 0 Å². The maximum Gasteiger partial charge on any atom is 0.346 e. The van der Waals surface area contributed by atoms with Crippen molar-refractivity contribution in [2.45, 2.75) is 0 Å². The van der Waals surface area contributed by atoms with E-state index in [1.54, 1.807) is 19.0 Å². The number of anilines is 1. The molecule has 2 N–H and O–H groups in total. The van der Waals surface area contributed by atoms with E-state index in [9.17, 15) is 4.79 Å². The molecule has 1 heterocycles. The summed E-state index contributed by atoms with van der Waals surface area (Å²) in [7, 11) is 3.43. The smallest absolute Gasteiger partial charge is 0.346 e. The van der Waals surface area contributed by atoms with Crippen LogP contribution in [0.3, 0.4) is 0 Å². The Hall–Kier alpha value is -1.52. The quantitative estimate of drug-likeness (QED) is 0.576. The van der Waals surface area contributed by atoms with Crippen molar-refractivity contribution in [2.24, 2.45) is 0 Å². The van der Waals surface area contributed by atoms with Gasteiger partial charge in [0, 0.05) is 14.1 Å². The van der Waals surface area contributed by atoms with Gasteiger partial charge >= 0.3 is 5.69 Å². The van der Waals surface area contributed by atoms with Crippen LogP contribution in [0.4, 0.5) is 5.82 Å². The van der Waals surface area contributed by atoms with E-state index in [4.69, 9.17) is 5.11 Å². The molecule has 1 rings (SSSR count). The highest BCUT2D eigenvalue weighted by atomic mass is 16.3. The molecule has 0 aliphatic heterocycles. The molecule has 0 aliphatic rings. The number of aromatic amines is 1. The maximum absolute atomic E-state index is 10.6. The molecule has 0 unspecified atom stereocenters. The van der Waals surface area contributed by atoms with Crippen LogP contribution in [0.5, 0.6) is 5.75 Å². The molecule has 60 valence electrons. The Morgan fingerprint density at radius 2 is 2.27 bits per heavy atom. The molecule has 0 atom stereocenters. The van der Waals surface area contributed by atoms with Crippen LogP contribution in [-0.4, -0.2) is 29.2 Å². The van der Waals surface area contributed by atoms with Crippen LogP contribution in [0.15, 0.2) is 11.0 Å². The second kappa shape index (κ2) is 2.61. The molecular weight excluding hydrogens is 146 g/mol. The lowest BCUT2D eigenvalue weighted by atomic mass is 10.5. The number of nitrogens with one attached hydrogen (secondary N) is 1. The molecular formula is C6H9N3O2. The van der Waals surface area contributed by atoms with Gasteiger partial charge in [-0.25, -0.2) is 4.79 Å². The average Bonchev–Trinajstić information content (AvgIpc) is 1.94. The van der Waals surface area contributed by atoms with Crippen LogP contribution < -0.4 is 10.6 Å². The summed E-state index contributed by atoms with van der Waals surface area (Å²) < 4.78 is 0. The summed E-state index contributed by atoms with van der Waals surface area (Å²) in [5.74, 6) is 0.333. The molecule has 5 heteroatoms. The van der Waals surface area contributed by atoms with E-state index in [2.05, 4.69) is 9.97 Å². The van der Waals surface area contributed by atoms with Crippen LogP contribution in [0.25, 0.3) is 0 Å². The van der Waals surface area contributed by atoms with Crippen molar-refractivity contribution < 1.29 is 5.11 Å². The fourth-order valence-electron chi connectivity index (χ4n) is 0.719. The first-order chi connectivity index (χ1) is 5.11. The third kappa shape index (κ3) is 1.49. The Labute approximate surface area is 63.3 Å². The van der Waals surface area contributed by atoms with Gasteiger partial charge < -0.3 is 10.0 Å². The van der Waals surface area contributed by atoms with Crippen molar-refractivity contribution in [1.82, 2.24) is 9.97 Å². The van der Waals surface area contributed by atoms with Crippen LogP contribution in [0.2, 0.25) is 0 Å². The van der Waals surface area contributed by atoms with Crippen LogP contribution in [0.1, 0.15) is 0 Å². The number of aromatic hydroxyl groups is 1. The minimum Gasteiger partial charge on any atom is -0.503 e. The molecule has 1 aromatic rings. The summed E-state index contributed by atoms with van der Waals surface area (Å²) in [6.45, 7) is 0. The molecule has 1 aromatic heterocycles. The largest absolute Gasteiger partial charge is 0.503 e. The zero-order chi connectivity index (χ0) is 8.43. The molecule has 0 radical (unpaired) electrons. The van der Waals surface area contributed by atoms with Gasteiger partial charge in [0.2, 0.25) is 0 Å². The maximum atomic E-state index is 10.6. The highest BCUT2D eigenvalue weighted by Crippen LogP contribution is 2.17. The molecule has 5 nitrogen and oxygen atoms in total. The second-order valence-electron chi connectivity index (χ2n) is 2.32. The van der Waals surface area contributed by atoms with E-state index in [1.165, 1.54) is 0 Å². The van der Waals surface area contributed by atoms with E-state index in [1.807, 2.05) is 0 Å². The molecule has 0 saturated heterocycles. The standard InChI is InChI=1S/C6H9N3O2/c1-9(2)5-4(10)3-7-6(11)8-5/h3,10H,1-2H3,(H,7,8,11). The van der Waals surface area contributed by atoms with Gasteiger partial charge in [0.25, 0.3) is 0 Å². The molecule has 0 aliphatic carbocycles. The minimum atomic E-state index is -0.466. The lowest BCUT2D eigenvalue weighted by Crippen LogP contribution is -2.17. The van der Waals surface area contributed by atoms with Crippen LogP contribution in [-0.2, 0) is 0 Å². The summed E-state index contributed by atoms with van der Waals surface area (Å²) in [5, 5.41) is 9.13. The lowest BCUT2D eigenvalue weighted by molar-refractivity contribution is 0.469. The number of rotatable bonds is 1. The summed E-state index contributed by atoms with van der Waals surface area (Å²) >= 11 is 0. The topological polar surface area (TPSA) is 69.2 Å². The Balaban J connectivity index is 3.23. The van der Waals surface area contributed by atoms with Crippen molar-refractivity contribution in [3.8, 4) is 5.75 Å². The summed E-state index contributed by atoms with van der Waals surface area (Å²) in [4.78, 5) is 18.0. The van der Waals surface area contributed by atoms with E-state index < -0.39 is 5.69 Å². The molecule has 0 bridgehead atoms. The Morgan fingerprint density at radius 1 is 1.64 bits per heavy atom. The van der Waals surface area contributed by atoms with E-state index in [-0.39, 0.29) is 5.75 Å². The summed E-state index contributed by atoms with van der Waals surface area (Å²) in [6, 6.07) is 0. The van der Waals surface area contributed by atoms with Gasteiger partial charge in [-0.2, -0.15) is 4.98 Å². The van der Waals surface area contributed by atoms with E-state index in [0.717, 1.165) is 6.20 Å². The molecule has 0 amide bonds. The van der Waals surface area contributed by atoms with Gasteiger partial charge in [-0.15, -0.1) is 0 Å². The number of aromatic nitrogens is 2. The number of hydrogen-bond acceptors (Lipinski definition) is 4. The number of nitrogens with zero attached hydrogens (tertiary/aromatic N) is 2. The normalized spacial score (nSPS) is 9.64. The van der Waals surface area contributed by atoms with Crippen LogP contribution >= 0.6 is 0 Å². The zero-order valence-corrected chi connectivity index (χ0v) is 6.33. The van der Waals surface area contributed by atoms with Gasteiger partial charge in [0.1, 0.15) is 0 Å². The molecule has 0 fully saturated rings. The lowest BCUT2D eigenvalue weighted by Gasteiger charge is -2.11. The third-order valence-corrected chi connectivity index (χ3v) is 1.22. The summed E-state index contributed by atoms with van der Waals surface area (Å²) in [6.07, 6.45) is 1.12. The van der Waals surface area contributed by atoms with Gasteiger partial charge in [-0.05, 0) is 0 Å². The zero-order valence-electron chi connectivity index (χ0n) is 6.33. The van der Waals surface area contributed by atoms with Gasteiger partial charge in [0.15, 0.2) is 11.6 Å². The molecule has 0 saturated carbocycles. The first kappa shape index (κ1) is 7.59. The first-order valence-electron chi connectivity index (χ1n) is 3.07. The molecule has 0 spiro atoms. The van der Waals surface area contributed by atoms with Gasteiger partial charge in [-0.1, -0.05) is 0 Å². The fourth-order valence-corrected chi connectivity index (χ4v) is 0.719. The van der Waals surface area contributed by atoms with Crippen molar-refractivity contribution >= 4 is 5.82 Å². The predicted molar refractivity (Wildman–Crippen MR) is 40.8 cm³/mol. The van der Waals surface area contributed by atoms with Gasteiger partial charge in [0.05, 0.1) is 6.20 Å². The highest BCUT2D eigenvalue weighted by molar-refractivity contribution is 5.47. The Morgan fingerprint density at radius 3 is 2.73 bits per heavy atom. The van der Waals surface area contributed by atoms with Crippen molar-refractivity contribution in [2.75, 3.05) is 19.0 Å².